The summed E-state index contributed by atoms with van der Waals surface area (Å²) >= 11 is 1.70. The largest absolute Gasteiger partial charge is 0.484 e. The fourth-order valence-electron chi connectivity index (χ4n) is 2.86. The number of thiophene rings is 1. The molecule has 0 saturated carbocycles. The van der Waals surface area contributed by atoms with E-state index in [9.17, 15) is 5.11 Å². The molecule has 0 radical (unpaired) electrons. The van der Waals surface area contributed by atoms with Crippen molar-refractivity contribution in [2.75, 3.05) is 13.1 Å². The van der Waals surface area contributed by atoms with Crippen molar-refractivity contribution in [2.24, 2.45) is 0 Å². The molecule has 1 N–H and O–H groups in total. The van der Waals surface area contributed by atoms with E-state index in [1.165, 1.54) is 17.7 Å². The molecule has 3 nitrogen and oxygen atoms in total. The smallest absolute Gasteiger partial charge is 0.135 e. The van der Waals surface area contributed by atoms with Gasteiger partial charge in [0.2, 0.25) is 0 Å². The van der Waals surface area contributed by atoms with Crippen LogP contribution >= 0.6 is 11.3 Å². The third-order valence-electron chi connectivity index (χ3n) is 3.84. The van der Waals surface area contributed by atoms with Crippen LogP contribution < -0.4 is 4.74 Å². The first kappa shape index (κ1) is 11.5. The summed E-state index contributed by atoms with van der Waals surface area (Å²) in [5, 5.41) is 12.6. The minimum Gasteiger partial charge on any atom is -0.484 e. The maximum Gasteiger partial charge on any atom is 0.135 e. The number of aliphatic hydroxyl groups excluding tert-OH is 1. The first-order valence-electron chi connectivity index (χ1n) is 6.28. The Morgan fingerprint density at radius 3 is 2.82 bits per heavy atom. The predicted molar refractivity (Wildman–Crippen MR) is 68.6 cm³/mol. The van der Waals surface area contributed by atoms with Crippen molar-refractivity contribution in [1.82, 2.24) is 4.90 Å². The Labute approximate surface area is 106 Å². The van der Waals surface area contributed by atoms with Gasteiger partial charge >= 0.3 is 0 Å². The first-order chi connectivity index (χ1) is 8.09. The van der Waals surface area contributed by atoms with Crippen LogP contribution in [0.3, 0.4) is 0 Å². The van der Waals surface area contributed by atoms with Crippen LogP contribution in [0.15, 0.2) is 11.4 Å². The number of ether oxygens (including phenoxy) is 1. The first-order valence-corrected chi connectivity index (χ1v) is 7.16. The van der Waals surface area contributed by atoms with Crippen molar-refractivity contribution < 1.29 is 9.84 Å². The summed E-state index contributed by atoms with van der Waals surface area (Å²) in [5.74, 6) is 0.960. The van der Waals surface area contributed by atoms with E-state index in [0.29, 0.717) is 0 Å². The van der Waals surface area contributed by atoms with Crippen LogP contribution in [0.1, 0.15) is 37.6 Å². The van der Waals surface area contributed by atoms with Crippen molar-refractivity contribution in [3.63, 3.8) is 0 Å². The lowest BCUT2D eigenvalue weighted by Gasteiger charge is -2.44. The van der Waals surface area contributed by atoms with E-state index in [-0.39, 0.29) is 6.04 Å². The maximum atomic E-state index is 10.6. The van der Waals surface area contributed by atoms with E-state index in [4.69, 9.17) is 4.74 Å². The highest BCUT2D eigenvalue weighted by Crippen LogP contribution is 2.46. The zero-order chi connectivity index (χ0) is 12.0. The van der Waals surface area contributed by atoms with Gasteiger partial charge in [0, 0.05) is 0 Å². The molecule has 0 aliphatic carbocycles. The number of hydrogen-bond acceptors (Lipinski definition) is 4. The highest BCUT2D eigenvalue weighted by atomic mass is 32.1. The fraction of sp³-hybridized carbons (Fsp3) is 0.692. The van der Waals surface area contributed by atoms with Gasteiger partial charge in [0.25, 0.3) is 0 Å². The van der Waals surface area contributed by atoms with Gasteiger partial charge in [-0.05, 0) is 51.2 Å². The quantitative estimate of drug-likeness (QED) is 0.834. The molecule has 0 amide bonds. The molecule has 4 heteroatoms. The molecule has 1 aromatic heterocycles. The second kappa shape index (κ2) is 3.97. The lowest BCUT2D eigenvalue weighted by Crippen LogP contribution is -2.52. The highest BCUT2D eigenvalue weighted by molar-refractivity contribution is 7.10. The Kier molecular flexibility index (Phi) is 2.69. The summed E-state index contributed by atoms with van der Waals surface area (Å²) in [4.78, 5) is 3.60. The van der Waals surface area contributed by atoms with Crippen molar-refractivity contribution in [3.8, 4) is 5.75 Å². The molecule has 1 fully saturated rings. The van der Waals surface area contributed by atoms with Crippen LogP contribution in [0.4, 0.5) is 0 Å². The van der Waals surface area contributed by atoms with Crippen LogP contribution in [-0.4, -0.2) is 34.8 Å². The molecule has 2 aliphatic rings. The predicted octanol–water partition coefficient (Wildman–Crippen LogP) is 2.42. The zero-order valence-corrected chi connectivity index (χ0v) is 11.2. The van der Waals surface area contributed by atoms with Crippen molar-refractivity contribution >= 4 is 11.3 Å². The normalized spacial score (nSPS) is 32.2. The minimum atomic E-state index is -0.499. The van der Waals surface area contributed by atoms with Gasteiger partial charge in [0.15, 0.2) is 0 Å². The third-order valence-corrected chi connectivity index (χ3v) is 4.81. The van der Waals surface area contributed by atoms with E-state index < -0.39 is 11.7 Å². The monoisotopic (exact) mass is 253 g/mol. The van der Waals surface area contributed by atoms with Gasteiger partial charge in [-0.2, -0.15) is 0 Å². The van der Waals surface area contributed by atoms with Gasteiger partial charge < -0.3 is 9.84 Å². The van der Waals surface area contributed by atoms with Crippen LogP contribution in [0.5, 0.6) is 5.75 Å². The molecule has 17 heavy (non-hydrogen) atoms. The SMILES string of the molecule is CC1(C)Oc2ccsc2[C@@H](N2CCCC2)[C@@H]1O. The Hall–Kier alpha value is -0.580. The molecule has 2 atom stereocenters. The molecule has 0 aromatic carbocycles. The van der Waals surface area contributed by atoms with Gasteiger partial charge in [0.1, 0.15) is 17.5 Å². The van der Waals surface area contributed by atoms with E-state index in [1.54, 1.807) is 11.3 Å². The fourth-order valence-corrected chi connectivity index (χ4v) is 3.84. The Balaban J connectivity index is 2.00. The average Bonchev–Trinajstić information content (AvgIpc) is 2.89. The molecule has 0 unspecified atom stereocenters. The van der Waals surface area contributed by atoms with Crippen LogP contribution in [-0.2, 0) is 0 Å². The van der Waals surface area contributed by atoms with Crippen LogP contribution in [0.25, 0.3) is 0 Å². The van der Waals surface area contributed by atoms with Crippen LogP contribution in [0.2, 0.25) is 0 Å². The Morgan fingerprint density at radius 1 is 1.41 bits per heavy atom. The summed E-state index contributed by atoms with van der Waals surface area (Å²) in [6.07, 6.45) is 2.03. The lowest BCUT2D eigenvalue weighted by atomic mass is 9.90. The third kappa shape index (κ3) is 1.79. The van der Waals surface area contributed by atoms with Gasteiger partial charge in [-0.3, -0.25) is 4.90 Å². The van der Waals surface area contributed by atoms with E-state index in [0.717, 1.165) is 18.8 Å². The number of rotatable bonds is 1. The van der Waals surface area contributed by atoms with Gasteiger partial charge in [-0.15, -0.1) is 11.3 Å². The average molecular weight is 253 g/mol. The lowest BCUT2D eigenvalue weighted by molar-refractivity contribution is -0.0877. The van der Waals surface area contributed by atoms with Crippen molar-refractivity contribution in [2.45, 2.75) is 44.4 Å². The molecule has 3 rings (SSSR count). The summed E-state index contributed by atoms with van der Waals surface area (Å²) in [7, 11) is 0. The Morgan fingerprint density at radius 2 is 2.12 bits per heavy atom. The molecular formula is C13H19NO2S. The number of hydrogen-bond donors (Lipinski definition) is 1. The molecular weight excluding hydrogens is 234 g/mol. The van der Waals surface area contributed by atoms with E-state index >= 15 is 0 Å². The molecule has 94 valence electrons. The van der Waals surface area contributed by atoms with Gasteiger partial charge in [0.05, 0.1) is 10.9 Å². The molecule has 0 spiro atoms. The number of fused-ring (bicyclic) bond motifs is 1. The number of nitrogens with zero attached hydrogens (tertiary/aromatic N) is 1. The maximum absolute atomic E-state index is 10.6. The highest BCUT2D eigenvalue weighted by Gasteiger charge is 2.46. The van der Waals surface area contributed by atoms with E-state index in [2.05, 4.69) is 10.3 Å². The summed E-state index contributed by atoms with van der Waals surface area (Å²) < 4.78 is 5.90. The second-order valence-corrected chi connectivity index (χ2v) is 6.44. The van der Waals surface area contributed by atoms with Crippen molar-refractivity contribution in [3.05, 3.63) is 16.3 Å². The van der Waals surface area contributed by atoms with Gasteiger partial charge in [-0.1, -0.05) is 0 Å². The van der Waals surface area contributed by atoms with Crippen LogP contribution in [0, 0.1) is 0 Å². The molecule has 3 heterocycles. The summed E-state index contributed by atoms with van der Waals surface area (Å²) in [5.41, 5.74) is -0.499. The molecule has 1 aromatic rings. The van der Waals surface area contributed by atoms with E-state index in [1.807, 2.05) is 19.9 Å². The Bertz CT molecular complexity index is 409. The summed E-state index contributed by atoms with van der Waals surface area (Å²) in [6.45, 7) is 6.13. The zero-order valence-electron chi connectivity index (χ0n) is 10.3. The number of likely N-dealkylation sites (tertiary alicyclic amines) is 1. The van der Waals surface area contributed by atoms with Crippen molar-refractivity contribution in [1.29, 1.82) is 0 Å². The number of aliphatic hydroxyl groups is 1. The standard InChI is InChI=1S/C13H19NO2S/c1-13(2)12(15)10(14-6-3-4-7-14)11-9(16-13)5-8-17-11/h5,8,10,12,15H,3-4,6-7H2,1-2H3/t10-,12+/m1/s1. The van der Waals surface area contributed by atoms with Gasteiger partial charge in [-0.25, -0.2) is 0 Å². The molecule has 2 aliphatic heterocycles. The molecule has 1 saturated heterocycles. The second-order valence-electron chi connectivity index (χ2n) is 5.49. The minimum absolute atomic E-state index is 0.122. The topological polar surface area (TPSA) is 32.7 Å². The summed E-state index contributed by atoms with van der Waals surface area (Å²) in [6, 6.07) is 2.15. The molecule has 0 bridgehead atoms.